The van der Waals surface area contributed by atoms with Crippen LogP contribution in [0.2, 0.25) is 0 Å². The number of nitrogens with zero attached hydrogens (tertiary/aromatic N) is 2. The molecule has 0 radical (unpaired) electrons. The number of hydrogen-bond acceptors (Lipinski definition) is 2. The number of benzene rings is 1. The second kappa shape index (κ2) is 5.21. The van der Waals surface area contributed by atoms with Crippen LogP contribution in [0.3, 0.4) is 0 Å². The van der Waals surface area contributed by atoms with Crippen molar-refractivity contribution in [3.05, 3.63) is 30.3 Å². The molecular formula is C17H24N2O. The summed E-state index contributed by atoms with van der Waals surface area (Å²) in [5.74, 6) is 0.243. The molecule has 2 aliphatic rings. The Morgan fingerprint density at radius 2 is 1.90 bits per heavy atom. The Kier molecular flexibility index (Phi) is 3.55. The summed E-state index contributed by atoms with van der Waals surface area (Å²) in [7, 11) is 0. The maximum atomic E-state index is 12.4. The fourth-order valence-corrected chi connectivity index (χ4v) is 3.60. The predicted molar refractivity (Wildman–Crippen MR) is 81.8 cm³/mol. The quantitative estimate of drug-likeness (QED) is 0.826. The molecule has 1 atom stereocenters. The van der Waals surface area contributed by atoms with Crippen LogP contribution in [-0.2, 0) is 4.79 Å². The summed E-state index contributed by atoms with van der Waals surface area (Å²) in [4.78, 5) is 16.7. The van der Waals surface area contributed by atoms with Gasteiger partial charge in [0.1, 0.15) is 0 Å². The van der Waals surface area contributed by atoms with Crippen LogP contribution in [0.25, 0.3) is 0 Å². The summed E-state index contributed by atoms with van der Waals surface area (Å²) in [6, 6.07) is 10.6. The Hall–Kier alpha value is -1.35. The van der Waals surface area contributed by atoms with Gasteiger partial charge < -0.3 is 4.90 Å². The van der Waals surface area contributed by atoms with E-state index in [0.29, 0.717) is 18.0 Å². The first kappa shape index (κ1) is 13.6. The van der Waals surface area contributed by atoms with E-state index in [1.54, 1.807) is 0 Å². The molecule has 0 spiro atoms. The van der Waals surface area contributed by atoms with Crippen molar-refractivity contribution >= 4 is 11.6 Å². The van der Waals surface area contributed by atoms with E-state index in [9.17, 15) is 4.79 Å². The third kappa shape index (κ3) is 2.73. The van der Waals surface area contributed by atoms with Gasteiger partial charge in [0, 0.05) is 24.8 Å². The Bertz CT molecular complexity index is 483. The number of hydrogen-bond donors (Lipinski definition) is 0. The van der Waals surface area contributed by atoms with Crippen LogP contribution < -0.4 is 4.90 Å². The standard InChI is InChI=1S/C17H24N2O/c1-17(2)9-8-15(12-17)18-10-11-19(16(20)13-18)14-6-4-3-5-7-14/h3-7,15H,8-13H2,1-2H3. The lowest BCUT2D eigenvalue weighted by molar-refractivity contribution is -0.122. The van der Waals surface area contributed by atoms with Gasteiger partial charge in [0.05, 0.1) is 6.54 Å². The summed E-state index contributed by atoms with van der Waals surface area (Å²) < 4.78 is 0. The summed E-state index contributed by atoms with van der Waals surface area (Å²) in [6.45, 7) is 7.08. The molecule has 0 N–H and O–H groups in total. The normalized spacial score (nSPS) is 27.0. The van der Waals surface area contributed by atoms with E-state index in [1.165, 1.54) is 19.3 Å². The van der Waals surface area contributed by atoms with Gasteiger partial charge in [-0.15, -0.1) is 0 Å². The SMILES string of the molecule is CC1(C)CCC(N2CCN(c3ccccc3)C(=O)C2)C1. The minimum Gasteiger partial charge on any atom is -0.310 e. The zero-order valence-electron chi connectivity index (χ0n) is 12.5. The lowest BCUT2D eigenvalue weighted by atomic mass is 9.91. The molecule has 1 unspecified atom stereocenters. The molecule has 3 heteroatoms. The third-order valence-corrected chi connectivity index (χ3v) is 4.78. The van der Waals surface area contributed by atoms with E-state index in [1.807, 2.05) is 35.2 Å². The van der Waals surface area contributed by atoms with E-state index in [4.69, 9.17) is 0 Å². The molecule has 1 aromatic carbocycles. The fraction of sp³-hybridized carbons (Fsp3) is 0.588. The Morgan fingerprint density at radius 1 is 1.15 bits per heavy atom. The highest BCUT2D eigenvalue weighted by atomic mass is 16.2. The molecule has 1 aliphatic carbocycles. The number of amides is 1. The first-order chi connectivity index (χ1) is 9.55. The minimum absolute atomic E-state index is 0.243. The summed E-state index contributed by atoms with van der Waals surface area (Å²) in [5.41, 5.74) is 1.48. The van der Waals surface area contributed by atoms with Crippen LogP contribution in [0.5, 0.6) is 0 Å². The van der Waals surface area contributed by atoms with Crippen molar-refractivity contribution < 1.29 is 4.79 Å². The number of rotatable bonds is 2. The molecular weight excluding hydrogens is 248 g/mol. The molecule has 1 aromatic rings. The van der Waals surface area contributed by atoms with Crippen LogP contribution in [0.1, 0.15) is 33.1 Å². The lowest BCUT2D eigenvalue weighted by Gasteiger charge is -2.38. The highest BCUT2D eigenvalue weighted by molar-refractivity contribution is 5.95. The highest BCUT2D eigenvalue weighted by Crippen LogP contribution is 2.39. The summed E-state index contributed by atoms with van der Waals surface area (Å²) >= 11 is 0. The highest BCUT2D eigenvalue weighted by Gasteiger charge is 2.37. The van der Waals surface area contributed by atoms with Gasteiger partial charge in [-0.05, 0) is 36.8 Å². The van der Waals surface area contributed by atoms with Crippen LogP contribution in [0, 0.1) is 5.41 Å². The monoisotopic (exact) mass is 272 g/mol. The van der Waals surface area contributed by atoms with Crippen molar-refractivity contribution in [2.45, 2.75) is 39.2 Å². The van der Waals surface area contributed by atoms with Gasteiger partial charge >= 0.3 is 0 Å². The van der Waals surface area contributed by atoms with Crippen molar-refractivity contribution in [1.29, 1.82) is 0 Å². The molecule has 3 rings (SSSR count). The molecule has 0 bridgehead atoms. The number of para-hydroxylation sites is 1. The van der Waals surface area contributed by atoms with Crippen molar-refractivity contribution in [2.75, 3.05) is 24.5 Å². The summed E-state index contributed by atoms with van der Waals surface area (Å²) in [6.07, 6.45) is 3.75. The minimum atomic E-state index is 0.243. The Labute approximate surface area is 121 Å². The van der Waals surface area contributed by atoms with E-state index < -0.39 is 0 Å². The van der Waals surface area contributed by atoms with Crippen LogP contribution in [-0.4, -0.2) is 36.5 Å². The molecule has 1 heterocycles. The zero-order chi connectivity index (χ0) is 14.2. The van der Waals surface area contributed by atoms with E-state index >= 15 is 0 Å². The van der Waals surface area contributed by atoms with Gasteiger partial charge in [0.2, 0.25) is 5.91 Å². The first-order valence-corrected chi connectivity index (χ1v) is 7.65. The molecule has 1 saturated carbocycles. The second-order valence-corrected chi connectivity index (χ2v) is 6.91. The van der Waals surface area contributed by atoms with Gasteiger partial charge in [-0.2, -0.15) is 0 Å². The number of carbonyl (C=O) groups excluding carboxylic acids is 1. The summed E-state index contributed by atoms with van der Waals surface area (Å²) in [5, 5.41) is 0. The lowest BCUT2D eigenvalue weighted by Crippen LogP contribution is -2.53. The maximum Gasteiger partial charge on any atom is 0.241 e. The fourth-order valence-electron chi connectivity index (χ4n) is 3.60. The topological polar surface area (TPSA) is 23.6 Å². The molecule has 1 saturated heterocycles. The van der Waals surface area contributed by atoms with Crippen molar-refractivity contribution in [3.8, 4) is 0 Å². The van der Waals surface area contributed by atoms with Crippen LogP contribution in [0.15, 0.2) is 30.3 Å². The molecule has 3 nitrogen and oxygen atoms in total. The van der Waals surface area contributed by atoms with Crippen molar-refractivity contribution in [1.82, 2.24) is 4.90 Å². The zero-order valence-corrected chi connectivity index (χ0v) is 12.5. The first-order valence-electron chi connectivity index (χ1n) is 7.65. The average Bonchev–Trinajstić information content (AvgIpc) is 2.80. The van der Waals surface area contributed by atoms with E-state index in [0.717, 1.165) is 18.8 Å². The van der Waals surface area contributed by atoms with Crippen LogP contribution >= 0.6 is 0 Å². The van der Waals surface area contributed by atoms with E-state index in [-0.39, 0.29) is 5.91 Å². The maximum absolute atomic E-state index is 12.4. The van der Waals surface area contributed by atoms with Crippen LogP contribution in [0.4, 0.5) is 5.69 Å². The number of piperazine rings is 1. The second-order valence-electron chi connectivity index (χ2n) is 6.91. The van der Waals surface area contributed by atoms with E-state index in [2.05, 4.69) is 18.7 Å². The number of anilines is 1. The largest absolute Gasteiger partial charge is 0.310 e. The predicted octanol–water partition coefficient (Wildman–Crippen LogP) is 2.91. The van der Waals surface area contributed by atoms with Crippen molar-refractivity contribution in [2.24, 2.45) is 5.41 Å². The smallest absolute Gasteiger partial charge is 0.241 e. The molecule has 108 valence electrons. The average molecular weight is 272 g/mol. The van der Waals surface area contributed by atoms with Gasteiger partial charge in [-0.3, -0.25) is 9.69 Å². The third-order valence-electron chi connectivity index (χ3n) is 4.78. The molecule has 1 amide bonds. The number of carbonyl (C=O) groups is 1. The Morgan fingerprint density at radius 3 is 2.50 bits per heavy atom. The molecule has 2 fully saturated rings. The molecule has 20 heavy (non-hydrogen) atoms. The Balaban J connectivity index is 1.64. The van der Waals surface area contributed by atoms with Gasteiger partial charge in [-0.1, -0.05) is 32.0 Å². The molecule has 0 aromatic heterocycles. The van der Waals surface area contributed by atoms with Gasteiger partial charge in [0.15, 0.2) is 0 Å². The molecule has 1 aliphatic heterocycles. The van der Waals surface area contributed by atoms with Gasteiger partial charge in [-0.25, -0.2) is 0 Å². The van der Waals surface area contributed by atoms with Gasteiger partial charge in [0.25, 0.3) is 0 Å². The van der Waals surface area contributed by atoms with Crippen molar-refractivity contribution in [3.63, 3.8) is 0 Å².